The Morgan fingerprint density at radius 1 is 1.09 bits per heavy atom. The Morgan fingerprint density at radius 2 is 1.70 bits per heavy atom. The molecule has 0 unspecified atom stereocenters. The highest BCUT2D eigenvalue weighted by atomic mass is 16.3. The molecule has 2 aromatic carbocycles. The maximum absolute atomic E-state index is 12.6. The summed E-state index contributed by atoms with van der Waals surface area (Å²) in [6.45, 7) is -0.141. The van der Waals surface area contributed by atoms with Gasteiger partial charge in [-0.2, -0.15) is 5.26 Å². The van der Waals surface area contributed by atoms with Crippen molar-refractivity contribution in [1.82, 2.24) is 4.90 Å². The summed E-state index contributed by atoms with van der Waals surface area (Å²) in [6.07, 6.45) is 0.247. The number of aliphatic hydroxyl groups is 1. The highest BCUT2D eigenvalue weighted by Crippen LogP contribution is 2.40. The van der Waals surface area contributed by atoms with Gasteiger partial charge in [0.2, 0.25) is 5.91 Å². The van der Waals surface area contributed by atoms with Gasteiger partial charge in [0.15, 0.2) is 0 Å². The van der Waals surface area contributed by atoms with Crippen LogP contribution in [0.15, 0.2) is 60.7 Å². The normalized spacial score (nSPS) is 23.0. The number of carbonyl (C=O) groups is 1. The smallest absolute Gasteiger partial charge is 0.228 e. The molecule has 4 heteroatoms. The average Bonchev–Trinajstić information content (AvgIpc) is 2.56. The molecule has 3 atom stereocenters. The van der Waals surface area contributed by atoms with Crippen molar-refractivity contribution in [3.8, 4) is 6.07 Å². The first-order valence-corrected chi connectivity index (χ1v) is 7.66. The van der Waals surface area contributed by atoms with Crippen molar-refractivity contribution in [3.05, 3.63) is 71.8 Å². The van der Waals surface area contributed by atoms with Crippen LogP contribution in [-0.4, -0.2) is 34.6 Å². The molecule has 116 valence electrons. The zero-order valence-corrected chi connectivity index (χ0v) is 12.7. The number of hydrogen-bond acceptors (Lipinski definition) is 3. The van der Waals surface area contributed by atoms with Crippen LogP contribution < -0.4 is 0 Å². The van der Waals surface area contributed by atoms with Crippen molar-refractivity contribution in [2.75, 3.05) is 6.61 Å². The lowest BCUT2D eigenvalue weighted by Crippen LogP contribution is -2.65. The monoisotopic (exact) mass is 306 g/mol. The molecule has 1 N–H and O–H groups in total. The molecule has 1 amide bonds. The summed E-state index contributed by atoms with van der Waals surface area (Å²) in [7, 11) is 0. The van der Waals surface area contributed by atoms with Crippen molar-refractivity contribution in [2.24, 2.45) is 0 Å². The summed E-state index contributed by atoms with van der Waals surface area (Å²) >= 11 is 0. The fourth-order valence-corrected chi connectivity index (χ4v) is 3.29. The maximum atomic E-state index is 12.6. The SMILES string of the molecule is N#C[C@@H]1[C@@H](c2ccccc2)[C@H](CO)N1C(=O)Cc1ccccc1. The molecular weight excluding hydrogens is 288 g/mol. The van der Waals surface area contributed by atoms with E-state index in [1.807, 2.05) is 60.7 Å². The van der Waals surface area contributed by atoms with Gasteiger partial charge in [0.1, 0.15) is 6.04 Å². The molecule has 1 aliphatic heterocycles. The summed E-state index contributed by atoms with van der Waals surface area (Å²) in [5.74, 6) is -0.250. The van der Waals surface area contributed by atoms with Crippen LogP contribution in [0.5, 0.6) is 0 Å². The van der Waals surface area contributed by atoms with E-state index >= 15 is 0 Å². The van der Waals surface area contributed by atoms with E-state index in [1.54, 1.807) is 0 Å². The first-order valence-electron chi connectivity index (χ1n) is 7.66. The molecule has 3 rings (SSSR count). The molecule has 1 fully saturated rings. The Kier molecular flexibility index (Phi) is 4.40. The number of likely N-dealkylation sites (tertiary alicyclic amines) is 1. The van der Waals surface area contributed by atoms with Crippen molar-refractivity contribution in [1.29, 1.82) is 5.26 Å². The molecule has 0 aromatic heterocycles. The number of aliphatic hydroxyl groups excluding tert-OH is 1. The third kappa shape index (κ3) is 2.84. The minimum absolute atomic E-state index is 0.117. The fourth-order valence-electron chi connectivity index (χ4n) is 3.29. The van der Waals surface area contributed by atoms with Gasteiger partial charge in [-0.15, -0.1) is 0 Å². The van der Waals surface area contributed by atoms with Crippen molar-refractivity contribution >= 4 is 5.91 Å². The van der Waals surface area contributed by atoms with Gasteiger partial charge in [-0.25, -0.2) is 0 Å². The molecule has 0 bridgehead atoms. The van der Waals surface area contributed by atoms with Crippen LogP contribution in [0.25, 0.3) is 0 Å². The lowest BCUT2D eigenvalue weighted by Gasteiger charge is -2.51. The number of nitrogens with zero attached hydrogens (tertiary/aromatic N) is 2. The van der Waals surface area contributed by atoms with Crippen molar-refractivity contribution in [2.45, 2.75) is 24.4 Å². The molecule has 0 aliphatic carbocycles. The van der Waals surface area contributed by atoms with E-state index in [0.29, 0.717) is 0 Å². The van der Waals surface area contributed by atoms with Crippen LogP contribution in [0.3, 0.4) is 0 Å². The predicted octanol–water partition coefficient (Wildman–Crippen LogP) is 2.11. The highest BCUT2D eigenvalue weighted by Gasteiger charge is 2.51. The van der Waals surface area contributed by atoms with Gasteiger partial charge in [0.25, 0.3) is 0 Å². The summed E-state index contributed by atoms with van der Waals surface area (Å²) in [5, 5.41) is 19.2. The van der Waals surface area contributed by atoms with Gasteiger partial charge in [0, 0.05) is 5.92 Å². The Morgan fingerprint density at radius 3 is 2.26 bits per heavy atom. The topological polar surface area (TPSA) is 64.3 Å². The molecule has 4 nitrogen and oxygen atoms in total. The first-order chi connectivity index (χ1) is 11.3. The van der Waals surface area contributed by atoms with Crippen LogP contribution in [0.2, 0.25) is 0 Å². The molecular formula is C19H18N2O2. The summed E-state index contributed by atoms with van der Waals surface area (Å²) in [5.41, 5.74) is 1.90. The van der Waals surface area contributed by atoms with E-state index in [-0.39, 0.29) is 30.9 Å². The molecule has 0 radical (unpaired) electrons. The number of rotatable bonds is 4. The lowest BCUT2D eigenvalue weighted by molar-refractivity contribution is -0.146. The Balaban J connectivity index is 1.80. The van der Waals surface area contributed by atoms with Crippen LogP contribution in [0, 0.1) is 11.3 Å². The second kappa shape index (κ2) is 6.64. The summed E-state index contributed by atoms with van der Waals surface area (Å²) < 4.78 is 0. The van der Waals surface area contributed by atoms with Crippen molar-refractivity contribution in [3.63, 3.8) is 0 Å². The Bertz CT molecular complexity index is 709. The number of benzene rings is 2. The lowest BCUT2D eigenvalue weighted by atomic mass is 9.75. The minimum Gasteiger partial charge on any atom is -0.394 e. The van der Waals surface area contributed by atoms with Gasteiger partial charge < -0.3 is 10.0 Å². The highest BCUT2D eigenvalue weighted by molar-refractivity contribution is 5.81. The summed E-state index contributed by atoms with van der Waals surface area (Å²) in [4.78, 5) is 14.1. The van der Waals surface area contributed by atoms with Gasteiger partial charge in [-0.05, 0) is 11.1 Å². The number of nitriles is 1. The standard InChI is InChI=1S/C19H18N2O2/c20-12-16-19(15-9-5-2-6-10-15)17(13-22)21(16)18(23)11-14-7-3-1-4-8-14/h1-10,16-17,19,22H,11,13H2/t16-,17+,19-/m1/s1. The molecule has 2 aromatic rings. The molecule has 23 heavy (non-hydrogen) atoms. The minimum atomic E-state index is -0.522. The van der Waals surface area contributed by atoms with Crippen LogP contribution in [-0.2, 0) is 11.2 Å². The zero-order chi connectivity index (χ0) is 16.2. The number of amides is 1. The second-order valence-corrected chi connectivity index (χ2v) is 5.72. The van der Waals surface area contributed by atoms with E-state index in [1.165, 1.54) is 4.90 Å². The molecule has 0 saturated carbocycles. The Labute approximate surface area is 135 Å². The van der Waals surface area contributed by atoms with E-state index in [0.717, 1.165) is 11.1 Å². The predicted molar refractivity (Wildman–Crippen MR) is 86.4 cm³/mol. The molecule has 1 aliphatic rings. The quantitative estimate of drug-likeness (QED) is 0.941. The second-order valence-electron chi connectivity index (χ2n) is 5.72. The summed E-state index contributed by atoms with van der Waals surface area (Å²) in [6, 6.07) is 20.4. The average molecular weight is 306 g/mol. The molecule has 1 heterocycles. The van der Waals surface area contributed by atoms with E-state index in [2.05, 4.69) is 6.07 Å². The van der Waals surface area contributed by atoms with E-state index < -0.39 is 6.04 Å². The van der Waals surface area contributed by atoms with Crippen LogP contribution in [0.4, 0.5) is 0 Å². The van der Waals surface area contributed by atoms with Gasteiger partial charge >= 0.3 is 0 Å². The van der Waals surface area contributed by atoms with E-state index in [4.69, 9.17) is 0 Å². The van der Waals surface area contributed by atoms with Gasteiger partial charge in [-0.1, -0.05) is 60.7 Å². The van der Waals surface area contributed by atoms with Crippen molar-refractivity contribution < 1.29 is 9.90 Å². The third-order valence-electron chi connectivity index (χ3n) is 4.40. The molecule has 0 spiro atoms. The molecule has 1 saturated heterocycles. The Hall–Kier alpha value is -2.64. The van der Waals surface area contributed by atoms with Gasteiger partial charge in [-0.3, -0.25) is 4.79 Å². The third-order valence-corrected chi connectivity index (χ3v) is 4.40. The first kappa shape index (κ1) is 15.3. The zero-order valence-electron chi connectivity index (χ0n) is 12.7. The number of carbonyl (C=O) groups excluding carboxylic acids is 1. The van der Waals surface area contributed by atoms with Crippen LogP contribution >= 0.6 is 0 Å². The van der Waals surface area contributed by atoms with Gasteiger partial charge in [0.05, 0.1) is 25.1 Å². The van der Waals surface area contributed by atoms with Crippen LogP contribution in [0.1, 0.15) is 17.0 Å². The maximum Gasteiger partial charge on any atom is 0.228 e. The number of hydrogen-bond donors (Lipinski definition) is 1. The largest absolute Gasteiger partial charge is 0.394 e. The van der Waals surface area contributed by atoms with E-state index in [9.17, 15) is 15.2 Å². The fraction of sp³-hybridized carbons (Fsp3) is 0.263.